The average Bonchev–Trinajstić information content (AvgIpc) is 2.85. The van der Waals surface area contributed by atoms with Gasteiger partial charge in [-0.1, -0.05) is 37.0 Å². The quantitative estimate of drug-likeness (QED) is 0.160. The predicted octanol–water partition coefficient (Wildman–Crippen LogP) is 4.99. The Labute approximate surface area is 231 Å². The molecule has 0 aliphatic heterocycles. The molecule has 0 aliphatic carbocycles. The van der Waals surface area contributed by atoms with Gasteiger partial charge in [0.2, 0.25) is 0 Å². The summed E-state index contributed by atoms with van der Waals surface area (Å²) in [6.45, 7) is 7.23. The molecule has 2 N–H and O–H groups in total. The summed E-state index contributed by atoms with van der Waals surface area (Å²) in [5.74, 6) is -0.163. The zero-order valence-corrected chi connectivity index (χ0v) is 23.3. The van der Waals surface area contributed by atoms with E-state index in [9.17, 15) is 14.4 Å². The fraction of sp³-hybridized carbons (Fsp3) is 0.385. The van der Waals surface area contributed by atoms with E-state index in [4.69, 9.17) is 42.1 Å². The van der Waals surface area contributed by atoms with Crippen molar-refractivity contribution in [2.45, 2.75) is 46.3 Å². The lowest BCUT2D eigenvalue weighted by Crippen LogP contribution is -2.49. The van der Waals surface area contributed by atoms with E-state index in [2.05, 4.69) is 15.8 Å². The van der Waals surface area contributed by atoms with Crippen molar-refractivity contribution < 1.29 is 33.3 Å². The van der Waals surface area contributed by atoms with Crippen LogP contribution in [0.25, 0.3) is 0 Å². The number of carbonyl (C=O) groups excluding carboxylic acids is 3. The first-order valence-corrected chi connectivity index (χ1v) is 12.6. The molecule has 0 saturated carbocycles. The van der Waals surface area contributed by atoms with Crippen LogP contribution in [0.2, 0.25) is 10.0 Å². The van der Waals surface area contributed by atoms with Gasteiger partial charge in [-0.05, 0) is 68.1 Å². The number of benzene rings is 2. The number of rotatable bonds is 12. The fourth-order valence-electron chi connectivity index (χ4n) is 3.14. The first-order valence-electron chi connectivity index (χ1n) is 11.8. The molecule has 0 radical (unpaired) electrons. The highest BCUT2D eigenvalue weighted by atomic mass is 35.5. The van der Waals surface area contributed by atoms with Crippen molar-refractivity contribution in [3.05, 3.63) is 52.0 Å². The summed E-state index contributed by atoms with van der Waals surface area (Å²) in [7, 11) is 1.42. The van der Waals surface area contributed by atoms with Gasteiger partial charge in [-0.15, -0.1) is 0 Å². The van der Waals surface area contributed by atoms with Crippen molar-refractivity contribution in [1.82, 2.24) is 10.7 Å². The topological polar surface area (TPSA) is 125 Å². The number of hydrazone groups is 1. The molecule has 206 valence electrons. The average molecular weight is 568 g/mol. The van der Waals surface area contributed by atoms with Crippen LogP contribution in [0.3, 0.4) is 0 Å². The highest BCUT2D eigenvalue weighted by Gasteiger charge is 2.25. The monoisotopic (exact) mass is 567 g/mol. The molecule has 2 aromatic rings. The lowest BCUT2D eigenvalue weighted by Gasteiger charge is -2.22. The van der Waals surface area contributed by atoms with Crippen molar-refractivity contribution in [3.63, 3.8) is 0 Å². The van der Waals surface area contributed by atoms with E-state index in [-0.39, 0.29) is 29.0 Å². The van der Waals surface area contributed by atoms with Crippen LogP contribution in [0.15, 0.2) is 41.5 Å². The van der Waals surface area contributed by atoms with Crippen LogP contribution in [0, 0.1) is 5.92 Å². The van der Waals surface area contributed by atoms with Gasteiger partial charge in [0.1, 0.15) is 11.8 Å². The second-order valence-corrected chi connectivity index (χ2v) is 9.30. The lowest BCUT2D eigenvalue weighted by atomic mass is 10.0. The van der Waals surface area contributed by atoms with Gasteiger partial charge < -0.3 is 24.3 Å². The minimum Gasteiger partial charge on any atom is -0.493 e. The minimum absolute atomic E-state index is 0.105. The maximum atomic E-state index is 12.8. The van der Waals surface area contributed by atoms with Gasteiger partial charge in [0.05, 0.1) is 25.0 Å². The van der Waals surface area contributed by atoms with Crippen molar-refractivity contribution in [2.75, 3.05) is 13.7 Å². The number of nitrogens with zero attached hydrogens (tertiary/aromatic N) is 1. The van der Waals surface area contributed by atoms with Crippen LogP contribution in [-0.2, 0) is 14.3 Å². The maximum Gasteiger partial charge on any atom is 0.513 e. The minimum atomic E-state index is -0.928. The number of nitrogens with one attached hydrogen (secondary N) is 2. The van der Waals surface area contributed by atoms with E-state index in [1.807, 2.05) is 13.8 Å². The summed E-state index contributed by atoms with van der Waals surface area (Å²) in [6, 6.07) is 8.49. The summed E-state index contributed by atoms with van der Waals surface area (Å²) in [6.07, 6.45) is -0.0251. The van der Waals surface area contributed by atoms with Gasteiger partial charge in [-0.3, -0.25) is 9.59 Å². The highest BCUT2D eigenvalue weighted by Crippen LogP contribution is 2.29. The van der Waals surface area contributed by atoms with Gasteiger partial charge >= 0.3 is 6.16 Å². The highest BCUT2D eigenvalue weighted by molar-refractivity contribution is 6.35. The van der Waals surface area contributed by atoms with Crippen LogP contribution < -0.4 is 25.0 Å². The van der Waals surface area contributed by atoms with Crippen LogP contribution in [0.5, 0.6) is 17.2 Å². The van der Waals surface area contributed by atoms with Gasteiger partial charge in [-0.2, -0.15) is 5.10 Å². The Morgan fingerprint density at radius 1 is 1.00 bits per heavy atom. The van der Waals surface area contributed by atoms with E-state index >= 15 is 0 Å². The summed E-state index contributed by atoms with van der Waals surface area (Å²) >= 11 is 12.0. The third-order valence-electron chi connectivity index (χ3n) is 4.94. The smallest absolute Gasteiger partial charge is 0.493 e. The first-order chi connectivity index (χ1) is 18.0. The van der Waals surface area contributed by atoms with E-state index in [0.29, 0.717) is 22.8 Å². The summed E-state index contributed by atoms with van der Waals surface area (Å²) in [5.41, 5.74) is 3.00. The molecular formula is C26H31Cl2N3O7. The number of ether oxygens (including phenoxy) is 4. The van der Waals surface area contributed by atoms with E-state index in [1.165, 1.54) is 25.5 Å². The van der Waals surface area contributed by atoms with Crippen molar-refractivity contribution in [3.8, 4) is 17.2 Å². The molecule has 0 heterocycles. The molecular weight excluding hydrogens is 537 g/mol. The molecule has 12 heteroatoms. The SMILES string of the molecule is CCOC(=O)Oc1ccc(/C=N\NC(=O)[C@@H](CC(C)C)NC(=O)[C@@H](C)Oc2ccc(Cl)cc2Cl)cc1OC. The number of carbonyl (C=O) groups is 3. The molecule has 0 unspecified atom stereocenters. The van der Waals surface area contributed by atoms with E-state index in [1.54, 1.807) is 38.1 Å². The Morgan fingerprint density at radius 2 is 1.71 bits per heavy atom. The van der Waals surface area contributed by atoms with Gasteiger partial charge in [-0.25, -0.2) is 10.2 Å². The second kappa shape index (κ2) is 15.0. The molecule has 10 nitrogen and oxygen atoms in total. The zero-order valence-electron chi connectivity index (χ0n) is 21.7. The number of methoxy groups -OCH3 is 1. The summed E-state index contributed by atoms with van der Waals surface area (Å²) < 4.78 is 20.7. The van der Waals surface area contributed by atoms with Crippen LogP contribution in [-0.4, -0.2) is 50.0 Å². The number of hydrogen-bond acceptors (Lipinski definition) is 8. The molecule has 0 fully saturated rings. The van der Waals surface area contributed by atoms with Crippen LogP contribution in [0.4, 0.5) is 4.79 Å². The molecule has 0 aliphatic rings. The molecule has 2 atom stereocenters. The Hall–Kier alpha value is -3.50. The number of halogens is 2. The predicted molar refractivity (Wildman–Crippen MR) is 144 cm³/mol. The van der Waals surface area contributed by atoms with Crippen molar-refractivity contribution in [2.24, 2.45) is 11.0 Å². The molecule has 0 aromatic heterocycles. The molecule has 0 bridgehead atoms. The van der Waals surface area contributed by atoms with E-state index in [0.717, 1.165) is 0 Å². The molecule has 2 rings (SSSR count). The van der Waals surface area contributed by atoms with Gasteiger partial charge in [0, 0.05) is 5.02 Å². The molecule has 2 amide bonds. The van der Waals surface area contributed by atoms with Crippen molar-refractivity contribution in [1.29, 1.82) is 0 Å². The van der Waals surface area contributed by atoms with Crippen LogP contribution >= 0.6 is 23.2 Å². The second-order valence-electron chi connectivity index (χ2n) is 8.46. The normalized spacial score (nSPS) is 12.5. The Balaban J connectivity index is 2.03. The fourth-order valence-corrected chi connectivity index (χ4v) is 3.59. The number of hydrogen-bond donors (Lipinski definition) is 2. The summed E-state index contributed by atoms with van der Waals surface area (Å²) in [4.78, 5) is 37.1. The first kappa shape index (κ1) is 30.7. The Kier molecular flexibility index (Phi) is 12.2. The van der Waals surface area contributed by atoms with E-state index < -0.39 is 30.1 Å². The Morgan fingerprint density at radius 3 is 2.34 bits per heavy atom. The maximum absolute atomic E-state index is 12.8. The third kappa shape index (κ3) is 9.75. The third-order valence-corrected chi connectivity index (χ3v) is 5.47. The largest absolute Gasteiger partial charge is 0.513 e. The zero-order chi connectivity index (χ0) is 28.2. The molecule has 38 heavy (non-hydrogen) atoms. The van der Waals surface area contributed by atoms with Crippen LogP contribution in [0.1, 0.15) is 39.7 Å². The standard InChI is InChI=1S/C26H31Cl2N3O7/c1-6-36-26(34)38-22-9-7-17(12-23(22)35-5)14-29-31-25(33)20(11-15(2)3)30-24(32)16(4)37-21-10-8-18(27)13-19(21)28/h7-10,12-16,20H,6,11H2,1-5H3,(H,30,32)(H,31,33)/b29-14-/t16-,20-/m1/s1. The molecule has 2 aromatic carbocycles. The lowest BCUT2D eigenvalue weighted by molar-refractivity contribution is -0.132. The molecule has 0 saturated heterocycles. The summed E-state index contributed by atoms with van der Waals surface area (Å²) in [5, 5.41) is 7.38. The van der Waals surface area contributed by atoms with Crippen molar-refractivity contribution >= 4 is 47.4 Å². The molecule has 0 spiro atoms. The van der Waals surface area contributed by atoms with Gasteiger partial charge in [0.25, 0.3) is 11.8 Å². The van der Waals surface area contributed by atoms with Gasteiger partial charge in [0.15, 0.2) is 17.6 Å². The Bertz CT molecular complexity index is 1160. The number of amides is 2.